The van der Waals surface area contributed by atoms with Gasteiger partial charge in [-0.2, -0.15) is 0 Å². The number of rotatable bonds is 7. The molecule has 2 rings (SSSR count). The second-order valence-corrected chi connectivity index (χ2v) is 5.16. The van der Waals surface area contributed by atoms with E-state index in [0.717, 1.165) is 0 Å². The molecule has 2 aromatic rings. The van der Waals surface area contributed by atoms with Crippen LogP contribution in [0.3, 0.4) is 0 Å². The van der Waals surface area contributed by atoms with Crippen LogP contribution in [0.15, 0.2) is 30.3 Å². The van der Waals surface area contributed by atoms with Crippen LogP contribution < -0.4 is 18.9 Å². The Bertz CT molecular complexity index is 792. The summed E-state index contributed by atoms with van der Waals surface area (Å²) < 4.78 is 19.6. The summed E-state index contributed by atoms with van der Waals surface area (Å²) in [5.41, 5.74) is 1.11. The molecular weight excluding hydrogens is 368 g/mol. The predicted molar refractivity (Wildman–Crippen MR) is 103 cm³/mol. The van der Waals surface area contributed by atoms with Crippen LogP contribution in [0.25, 0.3) is 6.08 Å². The summed E-state index contributed by atoms with van der Waals surface area (Å²) in [6.07, 6.45) is 4.28. The first-order valence-electron chi connectivity index (χ1n) is 7.92. The Balaban J connectivity index is 0.000000283. The molecule has 0 bridgehead atoms. The van der Waals surface area contributed by atoms with Gasteiger partial charge < -0.3 is 29.2 Å². The summed E-state index contributed by atoms with van der Waals surface area (Å²) in [5, 5.41) is 19.0. The van der Waals surface area contributed by atoms with Crippen LogP contribution in [0.1, 0.15) is 15.9 Å². The number of hydrogen-bond acceptors (Lipinski definition) is 8. The quantitative estimate of drug-likeness (QED) is 0.548. The van der Waals surface area contributed by atoms with Gasteiger partial charge in [-0.3, -0.25) is 9.59 Å². The van der Waals surface area contributed by atoms with Gasteiger partial charge in [0.2, 0.25) is 11.5 Å². The summed E-state index contributed by atoms with van der Waals surface area (Å²) in [5.74, 6) is 0.904. The summed E-state index contributed by atoms with van der Waals surface area (Å²) in [6.45, 7) is 0. The van der Waals surface area contributed by atoms with Gasteiger partial charge in [-0.1, -0.05) is 6.08 Å². The van der Waals surface area contributed by atoms with Crippen LogP contribution in [0.2, 0.25) is 0 Å². The lowest BCUT2D eigenvalue weighted by Crippen LogP contribution is -1.91. The van der Waals surface area contributed by atoms with Crippen molar-refractivity contribution in [2.24, 2.45) is 0 Å². The number of carbonyl (C=O) groups excluding carboxylic acids is 2. The molecule has 0 unspecified atom stereocenters. The van der Waals surface area contributed by atoms with E-state index in [4.69, 9.17) is 18.9 Å². The molecule has 0 amide bonds. The van der Waals surface area contributed by atoms with Crippen molar-refractivity contribution in [2.45, 2.75) is 0 Å². The Labute approximate surface area is 162 Å². The van der Waals surface area contributed by atoms with Crippen molar-refractivity contribution in [2.75, 3.05) is 28.4 Å². The fourth-order valence-corrected chi connectivity index (χ4v) is 2.14. The zero-order chi connectivity index (χ0) is 21.1. The molecule has 8 nitrogen and oxygen atoms in total. The normalized spacial score (nSPS) is 9.86. The topological polar surface area (TPSA) is 112 Å². The van der Waals surface area contributed by atoms with E-state index in [9.17, 15) is 19.8 Å². The maximum Gasteiger partial charge on any atom is 0.200 e. The molecular formula is C20H22O8. The number of allylic oxidation sites excluding steroid dienone is 1. The van der Waals surface area contributed by atoms with Crippen molar-refractivity contribution < 1.29 is 38.7 Å². The molecule has 2 aromatic carbocycles. The number of ether oxygens (including phenoxy) is 4. The van der Waals surface area contributed by atoms with E-state index in [0.29, 0.717) is 35.2 Å². The van der Waals surface area contributed by atoms with E-state index in [1.54, 1.807) is 18.2 Å². The van der Waals surface area contributed by atoms with Crippen molar-refractivity contribution in [3.05, 3.63) is 41.5 Å². The number of carbonyl (C=O) groups is 2. The molecule has 0 aliphatic rings. The van der Waals surface area contributed by atoms with Crippen LogP contribution in [0, 0.1) is 0 Å². The van der Waals surface area contributed by atoms with Crippen molar-refractivity contribution in [3.8, 4) is 34.5 Å². The summed E-state index contributed by atoms with van der Waals surface area (Å²) >= 11 is 0. The fraction of sp³-hybridized carbons (Fsp3) is 0.200. The molecule has 28 heavy (non-hydrogen) atoms. The number of methoxy groups -OCH3 is 4. The Hall–Kier alpha value is -3.68. The Morgan fingerprint density at radius 3 is 1.32 bits per heavy atom. The largest absolute Gasteiger partial charge is 0.502 e. The minimum Gasteiger partial charge on any atom is -0.502 e. The van der Waals surface area contributed by atoms with E-state index < -0.39 is 0 Å². The van der Waals surface area contributed by atoms with Crippen molar-refractivity contribution in [1.82, 2.24) is 0 Å². The standard InChI is InChI=1S/C11H12O4.C9H10O4/c1-14-9-6-8(4-3-5-12)7-10(15-2)11(9)13;1-12-7-3-6(5-10)4-8(13-2)9(7)11/h3-7,13H,1-2H3;3-5,11H,1-2H3/b4-3+;. The maximum atomic E-state index is 10.5. The smallest absolute Gasteiger partial charge is 0.200 e. The van der Waals surface area contributed by atoms with Gasteiger partial charge in [-0.05, 0) is 35.9 Å². The lowest BCUT2D eigenvalue weighted by molar-refractivity contribution is -0.104. The zero-order valence-electron chi connectivity index (χ0n) is 16.0. The van der Waals surface area contributed by atoms with Crippen molar-refractivity contribution in [3.63, 3.8) is 0 Å². The highest BCUT2D eigenvalue weighted by Crippen LogP contribution is 2.37. The van der Waals surface area contributed by atoms with Crippen LogP contribution in [0.4, 0.5) is 0 Å². The molecule has 0 radical (unpaired) electrons. The number of phenolic OH excluding ortho intramolecular Hbond substituents is 2. The third-order valence-electron chi connectivity index (χ3n) is 3.51. The number of aldehydes is 2. The van der Waals surface area contributed by atoms with Gasteiger partial charge in [-0.25, -0.2) is 0 Å². The minimum atomic E-state index is -0.101. The molecule has 2 N–H and O–H groups in total. The molecule has 150 valence electrons. The first kappa shape index (κ1) is 22.4. The Morgan fingerprint density at radius 1 is 0.679 bits per heavy atom. The average molecular weight is 390 g/mol. The second-order valence-electron chi connectivity index (χ2n) is 5.16. The lowest BCUT2D eigenvalue weighted by atomic mass is 10.1. The maximum absolute atomic E-state index is 10.5. The monoisotopic (exact) mass is 390 g/mol. The highest BCUT2D eigenvalue weighted by atomic mass is 16.5. The van der Waals surface area contributed by atoms with Gasteiger partial charge in [0, 0.05) is 5.56 Å². The van der Waals surface area contributed by atoms with E-state index in [-0.39, 0.29) is 23.0 Å². The highest BCUT2D eigenvalue weighted by Gasteiger charge is 2.10. The van der Waals surface area contributed by atoms with E-state index in [1.807, 2.05) is 0 Å². The van der Waals surface area contributed by atoms with Gasteiger partial charge in [0.25, 0.3) is 0 Å². The molecule has 0 saturated carbocycles. The van der Waals surface area contributed by atoms with Gasteiger partial charge in [0.1, 0.15) is 12.6 Å². The highest BCUT2D eigenvalue weighted by molar-refractivity contribution is 5.78. The van der Waals surface area contributed by atoms with Crippen molar-refractivity contribution in [1.29, 1.82) is 0 Å². The zero-order valence-corrected chi connectivity index (χ0v) is 16.0. The Kier molecular flexibility index (Phi) is 8.88. The molecule has 0 aliphatic carbocycles. The molecule has 8 heteroatoms. The van der Waals surface area contributed by atoms with Gasteiger partial charge in [-0.15, -0.1) is 0 Å². The van der Waals surface area contributed by atoms with Crippen LogP contribution in [-0.2, 0) is 4.79 Å². The van der Waals surface area contributed by atoms with Gasteiger partial charge in [0.05, 0.1) is 28.4 Å². The molecule has 0 fully saturated rings. The van der Waals surface area contributed by atoms with Crippen LogP contribution >= 0.6 is 0 Å². The molecule has 0 saturated heterocycles. The van der Waals surface area contributed by atoms with E-state index in [1.165, 1.54) is 46.6 Å². The molecule has 0 spiro atoms. The van der Waals surface area contributed by atoms with Gasteiger partial charge in [0.15, 0.2) is 23.0 Å². The Morgan fingerprint density at radius 2 is 1.04 bits per heavy atom. The lowest BCUT2D eigenvalue weighted by Gasteiger charge is -2.09. The molecule has 0 aromatic heterocycles. The predicted octanol–water partition coefficient (Wildman–Crippen LogP) is 2.84. The second kappa shape index (κ2) is 11.1. The third-order valence-corrected chi connectivity index (χ3v) is 3.51. The third kappa shape index (κ3) is 5.66. The number of phenols is 2. The van der Waals surface area contributed by atoms with Crippen molar-refractivity contribution >= 4 is 18.6 Å². The SMILES string of the molecule is COc1cc(/C=C/C=O)cc(OC)c1O.COc1cc(C=O)cc(OC)c1O. The number of aromatic hydroxyl groups is 2. The van der Waals surface area contributed by atoms with Crippen LogP contribution in [-0.4, -0.2) is 51.2 Å². The first-order valence-corrected chi connectivity index (χ1v) is 7.92. The summed E-state index contributed by atoms with van der Waals surface area (Å²) in [4.78, 5) is 20.6. The molecule has 0 aliphatic heterocycles. The van der Waals surface area contributed by atoms with E-state index >= 15 is 0 Å². The molecule has 0 heterocycles. The van der Waals surface area contributed by atoms with E-state index in [2.05, 4.69) is 0 Å². The fourth-order valence-electron chi connectivity index (χ4n) is 2.14. The molecule has 0 atom stereocenters. The number of benzene rings is 2. The summed E-state index contributed by atoms with van der Waals surface area (Å²) in [7, 11) is 5.70. The number of hydrogen-bond donors (Lipinski definition) is 2. The van der Waals surface area contributed by atoms with Gasteiger partial charge >= 0.3 is 0 Å². The van der Waals surface area contributed by atoms with Crippen LogP contribution in [0.5, 0.6) is 34.5 Å². The first-order chi connectivity index (χ1) is 13.4. The summed E-state index contributed by atoms with van der Waals surface area (Å²) in [6, 6.07) is 6.09. The minimum absolute atomic E-state index is 0.0525. The average Bonchev–Trinajstić information content (AvgIpc) is 2.73.